The summed E-state index contributed by atoms with van der Waals surface area (Å²) in [5.74, 6) is 1.52. The van der Waals surface area contributed by atoms with E-state index in [0.717, 1.165) is 35.0 Å². The molecule has 0 fully saturated rings. The fourth-order valence-electron chi connectivity index (χ4n) is 3.91. The lowest BCUT2D eigenvalue weighted by Gasteiger charge is -2.20. The SMILES string of the molecule is CCCCCCCC1=NN2C(=N)/C(=C/c3ccc(OCCSc4ccc(Cl)cc4)c(OC)c3)C(=O)N=C2S1. The molecule has 2 aliphatic rings. The maximum Gasteiger partial charge on any atom is 0.283 e. The smallest absolute Gasteiger partial charge is 0.283 e. The highest BCUT2D eigenvalue weighted by molar-refractivity contribution is 8.26. The van der Waals surface area contributed by atoms with Gasteiger partial charge in [-0.25, -0.2) is 0 Å². The van der Waals surface area contributed by atoms with Gasteiger partial charge in [-0.05, 0) is 72.6 Å². The number of nitrogens with one attached hydrogen (secondary N) is 1. The third kappa shape index (κ3) is 7.42. The number of benzene rings is 2. The van der Waals surface area contributed by atoms with Crippen LogP contribution in [0.5, 0.6) is 11.5 Å². The van der Waals surface area contributed by atoms with E-state index in [1.165, 1.54) is 36.0 Å². The minimum Gasteiger partial charge on any atom is -0.493 e. The average molecular weight is 571 g/mol. The van der Waals surface area contributed by atoms with Gasteiger partial charge in [0.25, 0.3) is 5.91 Å². The van der Waals surface area contributed by atoms with Crippen molar-refractivity contribution < 1.29 is 14.3 Å². The van der Waals surface area contributed by atoms with Gasteiger partial charge in [-0.2, -0.15) is 15.1 Å². The molecule has 0 spiro atoms. The Morgan fingerprint density at radius 2 is 1.89 bits per heavy atom. The molecule has 0 atom stereocenters. The first kappa shape index (κ1) is 28.3. The minimum atomic E-state index is -0.438. The Morgan fingerprint density at radius 3 is 2.66 bits per heavy atom. The van der Waals surface area contributed by atoms with Crippen LogP contribution in [0.15, 0.2) is 63.0 Å². The molecule has 38 heavy (non-hydrogen) atoms. The van der Waals surface area contributed by atoms with Crippen molar-refractivity contribution in [2.45, 2.75) is 50.3 Å². The van der Waals surface area contributed by atoms with Crippen molar-refractivity contribution >= 4 is 63.2 Å². The Hall–Kier alpha value is -2.75. The quantitative estimate of drug-likeness (QED) is 0.152. The number of amides is 1. The summed E-state index contributed by atoms with van der Waals surface area (Å²) in [4.78, 5) is 18.1. The molecule has 0 bridgehead atoms. The first-order valence-corrected chi connectivity index (χ1v) is 14.8. The molecule has 0 saturated carbocycles. The number of hydrazone groups is 1. The standard InChI is InChI=1S/C28H31ClN4O3S2/c1-3-4-5-6-7-8-25-32-33-26(30)22(27(34)31-28(33)38-25)17-19-9-14-23(24(18-19)35-2)36-15-16-37-21-12-10-20(29)11-13-21/h9-14,17-18,30H,3-8,15-16H2,1-2H3/b22-17-,30-26?. The van der Waals surface area contributed by atoms with Crippen LogP contribution in [0.2, 0.25) is 5.02 Å². The van der Waals surface area contributed by atoms with Crippen molar-refractivity contribution in [1.82, 2.24) is 5.01 Å². The zero-order valence-electron chi connectivity index (χ0n) is 21.5. The van der Waals surface area contributed by atoms with Crippen LogP contribution in [-0.2, 0) is 4.79 Å². The van der Waals surface area contributed by atoms with E-state index in [1.807, 2.05) is 36.4 Å². The van der Waals surface area contributed by atoms with Gasteiger partial charge in [-0.1, -0.05) is 50.3 Å². The number of methoxy groups -OCH3 is 1. The van der Waals surface area contributed by atoms with Crippen LogP contribution in [0.3, 0.4) is 0 Å². The van der Waals surface area contributed by atoms with Crippen molar-refractivity contribution in [3.8, 4) is 11.5 Å². The van der Waals surface area contributed by atoms with Gasteiger partial charge in [0.05, 0.1) is 19.3 Å². The number of carbonyl (C=O) groups excluding carboxylic acids is 1. The van der Waals surface area contributed by atoms with E-state index in [1.54, 1.807) is 31.0 Å². The van der Waals surface area contributed by atoms with Crippen LogP contribution < -0.4 is 9.47 Å². The number of nitrogens with zero attached hydrogens (tertiary/aromatic N) is 3. The second-order valence-corrected chi connectivity index (χ2v) is 11.4. The van der Waals surface area contributed by atoms with E-state index < -0.39 is 5.91 Å². The average Bonchev–Trinajstić information content (AvgIpc) is 3.33. The number of carbonyl (C=O) groups is 1. The Morgan fingerprint density at radius 1 is 1.11 bits per heavy atom. The summed E-state index contributed by atoms with van der Waals surface area (Å²) in [6, 6.07) is 13.1. The Balaban J connectivity index is 1.37. The van der Waals surface area contributed by atoms with Crippen LogP contribution in [0, 0.1) is 5.41 Å². The lowest BCUT2D eigenvalue weighted by Crippen LogP contribution is -2.35. The van der Waals surface area contributed by atoms with E-state index in [-0.39, 0.29) is 11.4 Å². The summed E-state index contributed by atoms with van der Waals surface area (Å²) in [6.07, 6.45) is 8.36. The van der Waals surface area contributed by atoms with Crippen molar-refractivity contribution in [3.05, 3.63) is 58.6 Å². The molecule has 2 aliphatic heterocycles. The monoisotopic (exact) mass is 570 g/mol. The molecule has 1 amide bonds. The first-order chi connectivity index (χ1) is 18.5. The topological polar surface area (TPSA) is 87.3 Å². The summed E-state index contributed by atoms with van der Waals surface area (Å²) < 4.78 is 11.5. The largest absolute Gasteiger partial charge is 0.493 e. The third-order valence-corrected chi connectivity index (χ3v) is 8.11. The number of fused-ring (bicyclic) bond motifs is 1. The Bertz CT molecular complexity index is 1260. The number of thioether (sulfide) groups is 2. The number of rotatable bonds is 13. The molecule has 10 heteroatoms. The molecule has 7 nitrogen and oxygen atoms in total. The molecule has 2 heterocycles. The van der Waals surface area contributed by atoms with E-state index in [0.29, 0.717) is 33.9 Å². The Kier molecular flexibility index (Phi) is 10.3. The molecule has 0 aliphatic carbocycles. The lowest BCUT2D eigenvalue weighted by molar-refractivity contribution is -0.114. The van der Waals surface area contributed by atoms with Crippen LogP contribution in [0.1, 0.15) is 51.0 Å². The number of hydrogen-bond donors (Lipinski definition) is 1. The second kappa shape index (κ2) is 13.9. The minimum absolute atomic E-state index is 0.0343. The molecular formula is C28H31ClN4O3S2. The van der Waals surface area contributed by atoms with Crippen LogP contribution in [0.25, 0.3) is 6.08 Å². The van der Waals surface area contributed by atoms with Crippen molar-refractivity contribution in [2.75, 3.05) is 19.5 Å². The zero-order chi connectivity index (χ0) is 26.9. The van der Waals surface area contributed by atoms with Gasteiger partial charge in [0, 0.05) is 15.7 Å². The lowest BCUT2D eigenvalue weighted by atomic mass is 10.1. The van der Waals surface area contributed by atoms with Crippen molar-refractivity contribution in [2.24, 2.45) is 10.1 Å². The Labute approximate surface area is 237 Å². The number of amidine groups is 2. The normalized spacial score (nSPS) is 16.0. The van der Waals surface area contributed by atoms with Crippen LogP contribution in [0.4, 0.5) is 0 Å². The molecule has 0 unspecified atom stereocenters. The van der Waals surface area contributed by atoms with Gasteiger partial charge >= 0.3 is 0 Å². The first-order valence-electron chi connectivity index (χ1n) is 12.7. The van der Waals surface area contributed by atoms with Gasteiger partial charge in [0.2, 0.25) is 5.17 Å². The number of hydrogen-bond acceptors (Lipinski definition) is 7. The molecule has 4 rings (SSSR count). The number of ether oxygens (including phenoxy) is 2. The molecule has 0 saturated heterocycles. The summed E-state index contributed by atoms with van der Waals surface area (Å²) in [7, 11) is 1.58. The van der Waals surface area contributed by atoms with Gasteiger partial charge in [-0.15, -0.1) is 11.8 Å². The number of unbranched alkanes of at least 4 members (excludes halogenated alkanes) is 4. The summed E-state index contributed by atoms with van der Waals surface area (Å²) >= 11 is 9.00. The van der Waals surface area contributed by atoms with E-state index in [4.69, 9.17) is 26.5 Å². The number of aliphatic imine (C=N–C) groups is 1. The predicted molar refractivity (Wildman–Crippen MR) is 159 cm³/mol. The highest BCUT2D eigenvalue weighted by atomic mass is 35.5. The summed E-state index contributed by atoms with van der Waals surface area (Å²) in [5, 5.41) is 16.7. The van der Waals surface area contributed by atoms with Gasteiger partial charge < -0.3 is 9.47 Å². The molecular weight excluding hydrogens is 540 g/mol. The zero-order valence-corrected chi connectivity index (χ0v) is 23.9. The predicted octanol–water partition coefficient (Wildman–Crippen LogP) is 7.50. The highest BCUT2D eigenvalue weighted by Crippen LogP contribution is 2.32. The molecule has 2 aromatic rings. The molecule has 1 N–H and O–H groups in total. The fraction of sp³-hybridized carbons (Fsp3) is 0.357. The highest BCUT2D eigenvalue weighted by Gasteiger charge is 2.35. The maximum atomic E-state index is 12.8. The summed E-state index contributed by atoms with van der Waals surface area (Å²) in [6.45, 7) is 2.69. The summed E-state index contributed by atoms with van der Waals surface area (Å²) in [5.41, 5.74) is 0.904. The maximum absolute atomic E-state index is 12.8. The van der Waals surface area contributed by atoms with E-state index >= 15 is 0 Å². The van der Waals surface area contributed by atoms with Crippen LogP contribution >= 0.6 is 35.1 Å². The molecule has 2 aromatic carbocycles. The van der Waals surface area contributed by atoms with Gasteiger partial charge in [0.15, 0.2) is 17.3 Å². The molecule has 200 valence electrons. The molecule has 0 radical (unpaired) electrons. The number of halogens is 1. The van der Waals surface area contributed by atoms with E-state index in [2.05, 4.69) is 17.0 Å². The van der Waals surface area contributed by atoms with Crippen LogP contribution in [-0.4, -0.2) is 46.4 Å². The van der Waals surface area contributed by atoms with Crippen molar-refractivity contribution in [3.63, 3.8) is 0 Å². The molecule has 0 aromatic heterocycles. The van der Waals surface area contributed by atoms with Crippen molar-refractivity contribution in [1.29, 1.82) is 5.41 Å². The van der Waals surface area contributed by atoms with Gasteiger partial charge in [0.1, 0.15) is 5.04 Å². The second-order valence-electron chi connectivity index (χ2n) is 8.74. The fourth-order valence-corrected chi connectivity index (χ4v) is 5.70. The van der Waals surface area contributed by atoms with E-state index in [9.17, 15) is 4.79 Å². The van der Waals surface area contributed by atoms with Gasteiger partial charge in [-0.3, -0.25) is 10.2 Å². The third-order valence-electron chi connectivity index (χ3n) is 5.91.